The molecule has 0 saturated heterocycles. The van der Waals surface area contributed by atoms with Crippen molar-refractivity contribution >= 4 is 23.3 Å². The molecule has 122 valence electrons. The second kappa shape index (κ2) is 7.22. The van der Waals surface area contributed by atoms with Crippen molar-refractivity contribution in [2.24, 2.45) is 10.9 Å². The highest BCUT2D eigenvalue weighted by Gasteiger charge is 2.36. The molecule has 0 saturated carbocycles. The Morgan fingerprint density at radius 2 is 2.22 bits per heavy atom. The molecule has 0 fully saturated rings. The van der Waals surface area contributed by atoms with Gasteiger partial charge in [-0.15, -0.1) is 0 Å². The zero-order chi connectivity index (χ0) is 17.0. The van der Waals surface area contributed by atoms with E-state index >= 15 is 0 Å². The van der Waals surface area contributed by atoms with E-state index in [1.165, 1.54) is 0 Å². The lowest BCUT2D eigenvalue weighted by Crippen LogP contribution is -2.42. The first-order chi connectivity index (χ1) is 11.0. The fourth-order valence-electron chi connectivity index (χ4n) is 2.61. The van der Waals surface area contributed by atoms with Gasteiger partial charge in [-0.2, -0.15) is 0 Å². The Morgan fingerprint density at radius 3 is 2.83 bits per heavy atom. The Hall–Kier alpha value is -2.43. The summed E-state index contributed by atoms with van der Waals surface area (Å²) in [7, 11) is 0. The maximum Gasteiger partial charge on any atom is 0.327 e. The van der Waals surface area contributed by atoms with Crippen molar-refractivity contribution in [1.29, 1.82) is 5.41 Å². The summed E-state index contributed by atoms with van der Waals surface area (Å²) in [5.41, 5.74) is 1.85. The largest absolute Gasteiger partial charge is 0.480 e. The molecule has 0 bridgehead atoms. The highest BCUT2D eigenvalue weighted by Crippen LogP contribution is 2.33. The zero-order valence-electron chi connectivity index (χ0n) is 13.8. The third-order valence-electron chi connectivity index (χ3n) is 4.14. The number of hydrogen-bond acceptors (Lipinski definition) is 2. The molecule has 1 aromatic carbocycles. The third kappa shape index (κ3) is 3.50. The van der Waals surface area contributed by atoms with Gasteiger partial charge in [0, 0.05) is 18.0 Å². The molecule has 0 amide bonds. The van der Waals surface area contributed by atoms with Crippen molar-refractivity contribution in [1.82, 2.24) is 0 Å². The average Bonchev–Trinajstić information content (AvgIpc) is 2.93. The molecule has 2 N–H and O–H groups in total. The molecule has 1 aliphatic rings. The van der Waals surface area contributed by atoms with Crippen molar-refractivity contribution in [3.05, 3.63) is 42.0 Å². The summed E-state index contributed by atoms with van der Waals surface area (Å²) in [5.74, 6) is -0.0610. The minimum absolute atomic E-state index is 0.0383. The van der Waals surface area contributed by atoms with Crippen LogP contribution in [0.1, 0.15) is 32.8 Å². The molecule has 5 heteroatoms. The first-order valence-corrected chi connectivity index (χ1v) is 7.89. The van der Waals surface area contributed by atoms with E-state index in [9.17, 15) is 9.90 Å². The normalized spacial score (nSPS) is 19.0. The number of benzene rings is 1. The maximum atomic E-state index is 11.7. The van der Waals surface area contributed by atoms with Crippen molar-refractivity contribution in [3.63, 3.8) is 0 Å². The van der Waals surface area contributed by atoms with Crippen LogP contribution in [0.2, 0.25) is 0 Å². The van der Waals surface area contributed by atoms with Crippen molar-refractivity contribution in [2.45, 2.75) is 39.7 Å². The first kappa shape index (κ1) is 16.9. The minimum atomic E-state index is -0.881. The van der Waals surface area contributed by atoms with E-state index in [1.807, 2.05) is 51.1 Å². The van der Waals surface area contributed by atoms with Gasteiger partial charge in [0.25, 0.3) is 0 Å². The van der Waals surface area contributed by atoms with E-state index < -0.39 is 12.0 Å². The fraction of sp³-hybridized carbons (Fsp3) is 0.389. The summed E-state index contributed by atoms with van der Waals surface area (Å²) >= 11 is 0. The highest BCUT2D eigenvalue weighted by molar-refractivity contribution is 6.14. The second-order valence-electron chi connectivity index (χ2n) is 5.72. The lowest BCUT2D eigenvalue weighted by Gasteiger charge is -2.25. The van der Waals surface area contributed by atoms with Crippen LogP contribution >= 0.6 is 0 Å². The Kier molecular flexibility index (Phi) is 5.32. The molecular weight excluding hydrogens is 290 g/mol. The van der Waals surface area contributed by atoms with E-state index in [1.54, 1.807) is 11.0 Å². The molecule has 2 rings (SSSR count). The molecule has 1 aromatic rings. The topological polar surface area (TPSA) is 76.8 Å². The molecule has 0 aromatic heterocycles. The van der Waals surface area contributed by atoms with Crippen LogP contribution in [0.25, 0.3) is 0 Å². The number of allylic oxidation sites excluding steroid dienone is 1. The molecule has 2 atom stereocenters. The van der Waals surface area contributed by atoms with Crippen LogP contribution in [0.15, 0.2) is 41.4 Å². The number of fused-ring (bicyclic) bond motifs is 1. The van der Waals surface area contributed by atoms with Crippen LogP contribution < -0.4 is 4.90 Å². The molecule has 5 nitrogen and oxygen atoms in total. The lowest BCUT2D eigenvalue weighted by atomic mass is 10.1. The van der Waals surface area contributed by atoms with Crippen molar-refractivity contribution < 1.29 is 9.90 Å². The number of amidine groups is 2. The van der Waals surface area contributed by atoms with Crippen molar-refractivity contribution in [2.75, 3.05) is 4.90 Å². The number of anilines is 1. The van der Waals surface area contributed by atoms with E-state index in [4.69, 9.17) is 5.41 Å². The first-order valence-electron chi connectivity index (χ1n) is 7.89. The number of aliphatic carboxylic acids is 1. The van der Waals surface area contributed by atoms with Crippen LogP contribution in [0.3, 0.4) is 0 Å². The molecule has 23 heavy (non-hydrogen) atoms. The Morgan fingerprint density at radius 1 is 1.52 bits per heavy atom. The summed E-state index contributed by atoms with van der Waals surface area (Å²) in [6, 6.07) is 6.97. The van der Waals surface area contributed by atoms with Gasteiger partial charge < -0.3 is 10.0 Å². The summed E-state index contributed by atoms with van der Waals surface area (Å²) in [5, 5.41) is 17.7. The molecule has 1 heterocycles. The van der Waals surface area contributed by atoms with Gasteiger partial charge in [-0.05, 0) is 31.1 Å². The van der Waals surface area contributed by atoms with E-state index in [2.05, 4.69) is 4.99 Å². The van der Waals surface area contributed by atoms with Crippen LogP contribution in [0.4, 0.5) is 5.69 Å². The predicted octanol–water partition coefficient (Wildman–Crippen LogP) is 3.50. The van der Waals surface area contributed by atoms with Gasteiger partial charge in [0.1, 0.15) is 17.7 Å². The molecule has 1 aliphatic heterocycles. The van der Waals surface area contributed by atoms with Gasteiger partial charge in [-0.1, -0.05) is 38.1 Å². The van der Waals surface area contributed by atoms with Gasteiger partial charge in [0.15, 0.2) is 0 Å². The summed E-state index contributed by atoms with van der Waals surface area (Å²) in [6.45, 7) is 5.82. The number of carbonyl (C=O) groups is 1. The highest BCUT2D eigenvalue weighted by atomic mass is 16.4. The SMILES string of the molecule is C/C=C\C(=NC(=N)C(C)CC)N1c2ccccc2CC1C(=O)O. The van der Waals surface area contributed by atoms with Crippen molar-refractivity contribution in [3.8, 4) is 0 Å². The number of carboxylic acids is 1. The molecular formula is C18H23N3O2. The van der Waals surface area contributed by atoms with Gasteiger partial charge in [-0.25, -0.2) is 9.79 Å². The number of para-hydroxylation sites is 1. The molecule has 2 unspecified atom stereocenters. The molecule has 0 radical (unpaired) electrons. The fourth-order valence-corrected chi connectivity index (χ4v) is 2.61. The number of hydrogen-bond donors (Lipinski definition) is 2. The number of carboxylic acid groups (broad SMARTS) is 1. The number of nitrogens with one attached hydrogen (secondary N) is 1. The minimum Gasteiger partial charge on any atom is -0.480 e. The van der Waals surface area contributed by atoms with E-state index in [-0.39, 0.29) is 11.8 Å². The summed E-state index contributed by atoms with van der Waals surface area (Å²) in [6.07, 6.45) is 4.86. The number of nitrogens with zero attached hydrogens (tertiary/aromatic N) is 2. The van der Waals surface area contributed by atoms with Crippen LogP contribution in [0.5, 0.6) is 0 Å². The third-order valence-corrected chi connectivity index (χ3v) is 4.14. The van der Waals surface area contributed by atoms with Crippen LogP contribution in [0, 0.1) is 11.3 Å². The van der Waals surface area contributed by atoms with Gasteiger partial charge >= 0.3 is 5.97 Å². The number of aliphatic imine (C=N–C) groups is 1. The average molecular weight is 313 g/mol. The lowest BCUT2D eigenvalue weighted by molar-refractivity contribution is -0.138. The van der Waals surface area contributed by atoms with Crippen LogP contribution in [-0.2, 0) is 11.2 Å². The molecule has 0 aliphatic carbocycles. The Bertz CT molecular complexity index is 664. The number of rotatable bonds is 4. The van der Waals surface area contributed by atoms with Gasteiger partial charge in [0.2, 0.25) is 0 Å². The van der Waals surface area contributed by atoms with Gasteiger partial charge in [0.05, 0.1) is 0 Å². The maximum absolute atomic E-state index is 11.7. The van der Waals surface area contributed by atoms with Gasteiger partial charge in [-0.3, -0.25) is 5.41 Å². The second-order valence-corrected chi connectivity index (χ2v) is 5.72. The Labute approximate surface area is 136 Å². The summed E-state index contributed by atoms with van der Waals surface area (Å²) in [4.78, 5) is 17.8. The smallest absolute Gasteiger partial charge is 0.327 e. The van der Waals surface area contributed by atoms with E-state index in [0.717, 1.165) is 17.7 Å². The predicted molar refractivity (Wildman–Crippen MR) is 93.5 cm³/mol. The van der Waals surface area contributed by atoms with E-state index in [0.29, 0.717) is 12.3 Å². The monoisotopic (exact) mass is 313 g/mol. The standard InChI is InChI=1S/C18H23N3O2/c1-4-8-16(20-17(19)12(3)5-2)21-14-10-7-6-9-13(14)11-15(21)18(22)23/h4,6-10,12,15,19H,5,11H2,1-3H3,(H,22,23)/b8-4-,19-17?,20-16?. The van der Waals surface area contributed by atoms with Crippen LogP contribution in [-0.4, -0.2) is 28.8 Å². The quantitative estimate of drug-likeness (QED) is 0.660. The summed E-state index contributed by atoms with van der Waals surface area (Å²) < 4.78 is 0. The Balaban J connectivity index is 2.49. The molecule has 0 spiro atoms. The zero-order valence-corrected chi connectivity index (χ0v) is 13.8.